The Hall–Kier alpha value is -5.00. The summed E-state index contributed by atoms with van der Waals surface area (Å²) in [6, 6.07) is 28.2. The molecule has 9 nitrogen and oxygen atoms in total. The number of carbonyl (C=O) groups is 1. The van der Waals surface area contributed by atoms with Gasteiger partial charge in [-0.2, -0.15) is 0 Å². The minimum absolute atomic E-state index is 0.0526. The third-order valence-electron chi connectivity index (χ3n) is 7.15. The zero-order chi connectivity index (χ0) is 30.1. The number of benzene rings is 3. The van der Waals surface area contributed by atoms with Gasteiger partial charge in [-0.1, -0.05) is 23.9 Å². The molecule has 6 rings (SSSR count). The number of nitrogens with one attached hydrogen (secondary N) is 1. The Morgan fingerprint density at radius 1 is 1.02 bits per heavy atom. The number of aromatic carboxylic acids is 1. The normalized spacial score (nSPS) is 16.2. The number of aryl methyl sites for hydroxylation is 1. The van der Waals surface area contributed by atoms with Crippen molar-refractivity contribution in [2.75, 3.05) is 4.90 Å². The predicted molar refractivity (Wildman–Crippen MR) is 167 cm³/mol. The van der Waals surface area contributed by atoms with Crippen LogP contribution in [0.3, 0.4) is 0 Å². The van der Waals surface area contributed by atoms with E-state index >= 15 is 0 Å². The summed E-state index contributed by atoms with van der Waals surface area (Å²) in [5.74, 6) is 0.312. The van der Waals surface area contributed by atoms with Crippen LogP contribution in [0.2, 0.25) is 0 Å². The number of nitro benzene ring substituents is 1. The maximum Gasteiger partial charge on any atom is 0.335 e. The van der Waals surface area contributed by atoms with Gasteiger partial charge >= 0.3 is 5.97 Å². The Morgan fingerprint density at radius 2 is 1.74 bits per heavy atom. The molecule has 1 aliphatic rings. The van der Waals surface area contributed by atoms with Gasteiger partial charge in [0, 0.05) is 39.4 Å². The van der Waals surface area contributed by atoms with Crippen LogP contribution in [0.15, 0.2) is 117 Å². The van der Waals surface area contributed by atoms with Crippen LogP contribution in [0.4, 0.5) is 11.4 Å². The second-order valence-corrected chi connectivity index (χ2v) is 11.4. The van der Waals surface area contributed by atoms with Crippen molar-refractivity contribution in [2.45, 2.75) is 28.8 Å². The second kappa shape index (κ2) is 11.7. The van der Waals surface area contributed by atoms with Gasteiger partial charge in [0.25, 0.3) is 5.69 Å². The number of rotatable bonds is 8. The summed E-state index contributed by atoms with van der Waals surface area (Å²) < 4.78 is 6.45. The van der Waals surface area contributed by atoms with Crippen molar-refractivity contribution >= 4 is 46.4 Å². The number of thiocarbonyl (C=S) groups is 1. The van der Waals surface area contributed by atoms with Crippen LogP contribution < -0.4 is 10.2 Å². The fourth-order valence-electron chi connectivity index (χ4n) is 5.10. The first-order chi connectivity index (χ1) is 20.8. The monoisotopic (exact) mass is 608 g/mol. The number of anilines is 1. The number of hydrogen-bond donors (Lipinski definition) is 2. The van der Waals surface area contributed by atoms with Crippen molar-refractivity contribution in [1.82, 2.24) is 10.3 Å². The molecule has 43 heavy (non-hydrogen) atoms. The molecule has 2 atom stereocenters. The van der Waals surface area contributed by atoms with Crippen molar-refractivity contribution in [3.8, 4) is 11.3 Å². The summed E-state index contributed by atoms with van der Waals surface area (Å²) in [6.07, 6.45) is 1.74. The molecule has 1 fully saturated rings. The third kappa shape index (κ3) is 5.72. The standard InChI is InChI=1S/C32H24N4O5S2/c1-19-18-20(31(37)38)5-14-25(19)27-15-16-28(41-27)30-29(26-4-2-3-17-33-26)34-32(42)35(30)21-6-10-23(11-7-21)43-24-12-8-22(9-13-24)36(39)40/h2-18,29-30H,1H3,(H,34,42)(H,37,38)/t29-,30-/m0/s1. The molecule has 0 aliphatic carbocycles. The van der Waals surface area contributed by atoms with E-state index in [9.17, 15) is 20.0 Å². The van der Waals surface area contributed by atoms with Gasteiger partial charge in [0.1, 0.15) is 17.6 Å². The number of hydrogen-bond acceptors (Lipinski definition) is 7. The van der Waals surface area contributed by atoms with Crippen LogP contribution in [-0.4, -0.2) is 26.1 Å². The maximum absolute atomic E-state index is 11.4. The Bertz CT molecular complexity index is 1830. The summed E-state index contributed by atoms with van der Waals surface area (Å²) in [4.78, 5) is 30.4. The number of carboxylic acid groups (broad SMARTS) is 1. The number of carboxylic acids is 1. The molecular formula is C32H24N4O5S2. The van der Waals surface area contributed by atoms with Gasteiger partial charge in [-0.15, -0.1) is 0 Å². The summed E-state index contributed by atoms with van der Waals surface area (Å²) in [5, 5.41) is 24.3. The average molecular weight is 609 g/mol. The molecule has 5 aromatic rings. The van der Waals surface area contributed by atoms with Gasteiger partial charge in [0.15, 0.2) is 5.11 Å². The van der Waals surface area contributed by atoms with Gasteiger partial charge < -0.3 is 19.7 Å². The molecule has 2 N–H and O–H groups in total. The molecule has 0 radical (unpaired) electrons. The quantitative estimate of drug-likeness (QED) is 0.104. The van der Waals surface area contributed by atoms with Crippen LogP contribution in [0.5, 0.6) is 0 Å². The van der Waals surface area contributed by atoms with Crippen molar-refractivity contribution < 1.29 is 19.2 Å². The summed E-state index contributed by atoms with van der Waals surface area (Å²) in [7, 11) is 0. The average Bonchev–Trinajstić information content (AvgIpc) is 3.63. The molecule has 214 valence electrons. The lowest BCUT2D eigenvalue weighted by atomic mass is 10.0. The molecule has 11 heteroatoms. The highest BCUT2D eigenvalue weighted by molar-refractivity contribution is 7.99. The summed E-state index contributed by atoms with van der Waals surface area (Å²) >= 11 is 7.34. The highest BCUT2D eigenvalue weighted by atomic mass is 32.2. The van der Waals surface area contributed by atoms with E-state index in [0.29, 0.717) is 16.6 Å². The van der Waals surface area contributed by atoms with E-state index < -0.39 is 10.9 Å². The number of pyridine rings is 1. The van der Waals surface area contributed by atoms with Gasteiger partial charge in [-0.25, -0.2) is 4.79 Å². The predicted octanol–water partition coefficient (Wildman–Crippen LogP) is 7.58. The lowest BCUT2D eigenvalue weighted by Crippen LogP contribution is -2.29. The highest BCUT2D eigenvalue weighted by Crippen LogP contribution is 2.43. The second-order valence-electron chi connectivity index (χ2n) is 9.88. The van der Waals surface area contributed by atoms with Crippen LogP contribution in [0, 0.1) is 17.0 Å². The molecule has 0 saturated carbocycles. The zero-order valence-electron chi connectivity index (χ0n) is 22.7. The van der Waals surface area contributed by atoms with Gasteiger partial charge in [-0.05, 0) is 97.5 Å². The number of nitrogens with zero attached hydrogens (tertiary/aromatic N) is 3. The van der Waals surface area contributed by atoms with E-state index in [-0.39, 0.29) is 23.3 Å². The first-order valence-electron chi connectivity index (χ1n) is 13.3. The van der Waals surface area contributed by atoms with E-state index in [0.717, 1.165) is 32.3 Å². The van der Waals surface area contributed by atoms with Crippen molar-refractivity contribution in [3.05, 3.63) is 136 Å². The lowest BCUT2D eigenvalue weighted by Gasteiger charge is -2.26. The largest absolute Gasteiger partial charge is 0.478 e. The summed E-state index contributed by atoms with van der Waals surface area (Å²) in [5.41, 5.74) is 3.53. The maximum atomic E-state index is 11.4. The summed E-state index contributed by atoms with van der Waals surface area (Å²) in [6.45, 7) is 1.86. The molecule has 3 aromatic carbocycles. The van der Waals surface area contributed by atoms with Crippen molar-refractivity contribution in [1.29, 1.82) is 0 Å². The van der Waals surface area contributed by atoms with Crippen LogP contribution in [0.1, 0.15) is 39.5 Å². The van der Waals surface area contributed by atoms with E-state index in [1.54, 1.807) is 36.5 Å². The van der Waals surface area contributed by atoms with Crippen LogP contribution in [-0.2, 0) is 0 Å². The fourth-order valence-corrected chi connectivity index (χ4v) is 6.26. The van der Waals surface area contributed by atoms with E-state index in [1.807, 2.05) is 66.4 Å². The molecule has 3 heterocycles. The van der Waals surface area contributed by atoms with Gasteiger partial charge in [0.05, 0.1) is 22.2 Å². The molecule has 0 bridgehead atoms. The third-order valence-corrected chi connectivity index (χ3v) is 8.48. The van der Waals surface area contributed by atoms with Crippen LogP contribution in [0.25, 0.3) is 11.3 Å². The van der Waals surface area contributed by atoms with E-state index in [4.69, 9.17) is 16.6 Å². The molecule has 2 aromatic heterocycles. The molecule has 1 saturated heterocycles. The SMILES string of the molecule is Cc1cc(C(=O)O)ccc1-c1ccc([C@H]2[C@H](c3ccccn3)NC(=S)N2c2ccc(Sc3ccc([N+](=O)[O-])cc3)cc2)o1. The minimum Gasteiger partial charge on any atom is -0.478 e. The zero-order valence-corrected chi connectivity index (χ0v) is 24.3. The Labute approximate surface area is 256 Å². The number of non-ortho nitro benzene ring substituents is 1. The number of aromatic nitrogens is 1. The number of furan rings is 1. The first-order valence-corrected chi connectivity index (χ1v) is 14.5. The van der Waals surface area contributed by atoms with Crippen molar-refractivity contribution in [3.63, 3.8) is 0 Å². The van der Waals surface area contributed by atoms with E-state index in [2.05, 4.69) is 10.3 Å². The first kappa shape index (κ1) is 28.1. The number of nitro groups is 1. The topological polar surface area (TPSA) is 122 Å². The van der Waals surface area contributed by atoms with E-state index in [1.165, 1.54) is 23.9 Å². The van der Waals surface area contributed by atoms with Gasteiger partial charge in [-0.3, -0.25) is 15.1 Å². The molecule has 0 spiro atoms. The molecule has 1 aliphatic heterocycles. The molecular weight excluding hydrogens is 585 g/mol. The van der Waals surface area contributed by atoms with Crippen LogP contribution >= 0.6 is 24.0 Å². The van der Waals surface area contributed by atoms with Crippen molar-refractivity contribution in [2.24, 2.45) is 0 Å². The Kier molecular flexibility index (Phi) is 7.66. The minimum atomic E-state index is -0.980. The lowest BCUT2D eigenvalue weighted by molar-refractivity contribution is -0.384. The Morgan fingerprint density at radius 3 is 2.37 bits per heavy atom. The molecule has 0 amide bonds. The highest BCUT2D eigenvalue weighted by Gasteiger charge is 2.42. The molecule has 0 unspecified atom stereocenters. The smallest absolute Gasteiger partial charge is 0.335 e. The Balaban J connectivity index is 1.32. The fraction of sp³-hybridized carbons (Fsp3) is 0.0938. The van der Waals surface area contributed by atoms with Gasteiger partial charge in [0.2, 0.25) is 0 Å².